The molecule has 2 N–H and O–H groups in total. The molecule has 3 rings (SSSR count). The zero-order chi connectivity index (χ0) is 20.4. The fourth-order valence-corrected chi connectivity index (χ4v) is 3.25. The highest BCUT2D eigenvalue weighted by Crippen LogP contribution is 2.36. The second-order valence-corrected chi connectivity index (χ2v) is 8.28. The summed E-state index contributed by atoms with van der Waals surface area (Å²) in [7, 11) is -0.388. The number of hydrogen-bond donors (Lipinski definition) is 1. The molecular weight excluding hydrogens is 353 g/mol. The molecule has 0 saturated carbocycles. The summed E-state index contributed by atoms with van der Waals surface area (Å²) >= 11 is 0. The van der Waals surface area contributed by atoms with E-state index in [0.29, 0.717) is 12.8 Å². The van der Waals surface area contributed by atoms with Gasteiger partial charge in [0.2, 0.25) is 0 Å². The van der Waals surface area contributed by atoms with Crippen molar-refractivity contribution in [1.29, 1.82) is 0 Å². The van der Waals surface area contributed by atoms with Gasteiger partial charge in [0.25, 0.3) is 0 Å². The highest BCUT2D eigenvalue weighted by atomic mass is 16.7. The molecule has 0 bridgehead atoms. The predicted molar refractivity (Wildman–Crippen MR) is 110 cm³/mol. The van der Waals surface area contributed by atoms with Gasteiger partial charge >= 0.3 is 13.2 Å². The first kappa shape index (κ1) is 20.4. The number of amides is 1. The molecule has 2 aromatic carbocycles. The average Bonchev–Trinajstić information content (AvgIpc) is 2.83. The number of primary amides is 1. The standard InChI is InChI=1S/C22H28BNO4/c1-21(2)22(3,4)28-23(27-21)18-12-10-17(11-13-18)15-19(26-20(24)25)14-16-8-6-5-7-9-16/h5-13,19H,14-15H2,1-4H3,(H2,24,25). The van der Waals surface area contributed by atoms with Crippen LogP contribution in [0.3, 0.4) is 0 Å². The Labute approximate surface area is 167 Å². The van der Waals surface area contributed by atoms with Gasteiger partial charge in [-0.1, -0.05) is 54.6 Å². The van der Waals surface area contributed by atoms with Crippen molar-refractivity contribution in [2.45, 2.75) is 57.8 Å². The number of benzene rings is 2. The first-order chi connectivity index (χ1) is 13.2. The Balaban J connectivity index is 1.68. The summed E-state index contributed by atoms with van der Waals surface area (Å²) in [5.41, 5.74) is 7.65. The predicted octanol–water partition coefficient (Wildman–Crippen LogP) is 3.23. The highest BCUT2D eigenvalue weighted by molar-refractivity contribution is 6.62. The number of hydrogen-bond acceptors (Lipinski definition) is 4. The van der Waals surface area contributed by atoms with Gasteiger partial charge in [0.15, 0.2) is 0 Å². The minimum atomic E-state index is -0.755. The van der Waals surface area contributed by atoms with E-state index in [1.165, 1.54) is 0 Å². The minimum absolute atomic E-state index is 0.317. The van der Waals surface area contributed by atoms with Crippen molar-refractivity contribution in [3.63, 3.8) is 0 Å². The summed E-state index contributed by atoms with van der Waals surface area (Å²) in [6, 6.07) is 18.0. The molecular formula is C22H28BNO4. The third-order valence-electron chi connectivity index (χ3n) is 5.56. The molecule has 0 radical (unpaired) electrons. The van der Waals surface area contributed by atoms with Crippen LogP contribution in [0.5, 0.6) is 0 Å². The van der Waals surface area contributed by atoms with Crippen molar-refractivity contribution in [2.75, 3.05) is 0 Å². The average molecular weight is 381 g/mol. The van der Waals surface area contributed by atoms with Gasteiger partial charge < -0.3 is 19.8 Å². The Bertz CT molecular complexity index is 789. The van der Waals surface area contributed by atoms with E-state index in [4.69, 9.17) is 19.8 Å². The molecule has 0 aliphatic carbocycles. The van der Waals surface area contributed by atoms with Crippen LogP contribution in [-0.2, 0) is 26.9 Å². The van der Waals surface area contributed by atoms with Crippen LogP contribution in [0.1, 0.15) is 38.8 Å². The van der Waals surface area contributed by atoms with Crippen LogP contribution < -0.4 is 11.2 Å². The molecule has 1 aliphatic rings. The highest BCUT2D eigenvalue weighted by Gasteiger charge is 2.51. The van der Waals surface area contributed by atoms with Crippen LogP contribution in [0.25, 0.3) is 0 Å². The maximum atomic E-state index is 11.3. The summed E-state index contributed by atoms with van der Waals surface area (Å²) in [5.74, 6) is 0. The van der Waals surface area contributed by atoms with Crippen LogP contribution >= 0.6 is 0 Å². The number of carbonyl (C=O) groups excluding carboxylic acids is 1. The second kappa shape index (κ2) is 7.98. The first-order valence-corrected chi connectivity index (χ1v) is 9.61. The van der Waals surface area contributed by atoms with Crippen LogP contribution in [0, 0.1) is 0 Å². The summed E-state index contributed by atoms with van der Waals surface area (Å²) in [4.78, 5) is 11.3. The zero-order valence-corrected chi connectivity index (χ0v) is 17.0. The molecule has 1 fully saturated rings. The molecule has 2 aromatic rings. The van der Waals surface area contributed by atoms with Gasteiger partial charge in [0.1, 0.15) is 6.10 Å². The fraction of sp³-hybridized carbons (Fsp3) is 0.409. The zero-order valence-electron chi connectivity index (χ0n) is 17.0. The molecule has 0 spiro atoms. The maximum Gasteiger partial charge on any atom is 0.494 e. The van der Waals surface area contributed by atoms with E-state index in [1.807, 2.05) is 82.3 Å². The van der Waals surface area contributed by atoms with E-state index < -0.39 is 6.09 Å². The van der Waals surface area contributed by atoms with Crippen LogP contribution in [-0.4, -0.2) is 30.5 Å². The molecule has 0 aromatic heterocycles. The Kier molecular flexibility index (Phi) is 5.82. The van der Waals surface area contributed by atoms with Crippen LogP contribution in [0.2, 0.25) is 0 Å². The lowest BCUT2D eigenvalue weighted by atomic mass is 9.78. The molecule has 5 nitrogen and oxygen atoms in total. The second-order valence-electron chi connectivity index (χ2n) is 8.28. The first-order valence-electron chi connectivity index (χ1n) is 9.61. The van der Waals surface area contributed by atoms with Gasteiger partial charge in [0, 0.05) is 12.8 Å². The summed E-state index contributed by atoms with van der Waals surface area (Å²) in [6.07, 6.45) is 0.127. The van der Waals surface area contributed by atoms with Crippen molar-refractivity contribution < 1.29 is 18.8 Å². The Morgan fingerprint density at radius 1 is 0.929 bits per heavy atom. The molecule has 1 atom stereocenters. The summed E-state index contributed by atoms with van der Waals surface area (Å²) in [5, 5.41) is 0. The van der Waals surface area contributed by atoms with Crippen molar-refractivity contribution in [2.24, 2.45) is 5.73 Å². The molecule has 1 amide bonds. The molecule has 1 heterocycles. The fourth-order valence-electron chi connectivity index (χ4n) is 3.25. The lowest BCUT2D eigenvalue weighted by molar-refractivity contribution is 0.00578. The molecule has 28 heavy (non-hydrogen) atoms. The van der Waals surface area contributed by atoms with Gasteiger partial charge in [-0.15, -0.1) is 0 Å². The van der Waals surface area contributed by atoms with E-state index in [1.54, 1.807) is 0 Å². The molecule has 1 saturated heterocycles. The van der Waals surface area contributed by atoms with Crippen LogP contribution in [0.15, 0.2) is 54.6 Å². The van der Waals surface area contributed by atoms with Crippen LogP contribution in [0.4, 0.5) is 4.79 Å². The Morgan fingerprint density at radius 3 is 1.93 bits per heavy atom. The lowest BCUT2D eigenvalue weighted by Crippen LogP contribution is -2.41. The third-order valence-corrected chi connectivity index (χ3v) is 5.56. The SMILES string of the molecule is CC1(C)OB(c2ccc(CC(Cc3ccccc3)OC(N)=O)cc2)OC1(C)C. The molecule has 1 aliphatic heterocycles. The largest absolute Gasteiger partial charge is 0.494 e. The smallest absolute Gasteiger partial charge is 0.446 e. The summed E-state index contributed by atoms with van der Waals surface area (Å²) in [6.45, 7) is 8.15. The van der Waals surface area contributed by atoms with Gasteiger partial charge in [-0.2, -0.15) is 0 Å². The Morgan fingerprint density at radius 2 is 1.43 bits per heavy atom. The van der Waals surface area contributed by atoms with Crippen molar-refractivity contribution in [1.82, 2.24) is 0 Å². The van der Waals surface area contributed by atoms with Gasteiger partial charge in [-0.3, -0.25) is 0 Å². The van der Waals surface area contributed by atoms with Gasteiger partial charge in [0.05, 0.1) is 11.2 Å². The monoisotopic (exact) mass is 381 g/mol. The Hall–Kier alpha value is -2.31. The molecule has 1 unspecified atom stereocenters. The number of rotatable bonds is 6. The number of carbonyl (C=O) groups is 1. The topological polar surface area (TPSA) is 70.8 Å². The quantitative estimate of drug-likeness (QED) is 0.780. The molecule has 6 heteroatoms. The van der Waals surface area contributed by atoms with E-state index in [9.17, 15) is 4.79 Å². The van der Waals surface area contributed by atoms with Gasteiger partial charge in [-0.05, 0) is 44.3 Å². The van der Waals surface area contributed by atoms with E-state index >= 15 is 0 Å². The van der Waals surface area contributed by atoms with Crippen molar-refractivity contribution in [3.05, 3.63) is 65.7 Å². The number of nitrogens with two attached hydrogens (primary N) is 1. The normalized spacial score (nSPS) is 18.6. The van der Waals surface area contributed by atoms with E-state index in [0.717, 1.165) is 16.6 Å². The number of ether oxygens (including phenoxy) is 1. The van der Waals surface area contributed by atoms with Crippen molar-refractivity contribution in [3.8, 4) is 0 Å². The van der Waals surface area contributed by atoms with Gasteiger partial charge in [-0.25, -0.2) is 4.79 Å². The lowest BCUT2D eigenvalue weighted by Gasteiger charge is -2.32. The minimum Gasteiger partial charge on any atom is -0.446 e. The molecule has 148 valence electrons. The maximum absolute atomic E-state index is 11.3. The van der Waals surface area contributed by atoms with E-state index in [-0.39, 0.29) is 24.4 Å². The summed E-state index contributed by atoms with van der Waals surface area (Å²) < 4.78 is 17.5. The third kappa shape index (κ3) is 4.75. The van der Waals surface area contributed by atoms with Crippen molar-refractivity contribution >= 4 is 18.7 Å². The van der Waals surface area contributed by atoms with E-state index in [2.05, 4.69) is 0 Å².